The van der Waals surface area contributed by atoms with Crippen LogP contribution in [0, 0.1) is 0 Å². The van der Waals surface area contributed by atoms with Gasteiger partial charge in [-0.1, -0.05) is 35.5 Å². The molecule has 104 valence electrons. The van der Waals surface area contributed by atoms with Crippen LogP contribution in [0.5, 0.6) is 0 Å². The minimum Gasteiger partial charge on any atom is -0.409 e. The zero-order chi connectivity index (χ0) is 14.4. The number of nitrogens with zero attached hydrogens (tertiary/aromatic N) is 3. The van der Waals surface area contributed by atoms with Crippen LogP contribution in [0.15, 0.2) is 53.8 Å². The Labute approximate surface area is 118 Å². The highest BCUT2D eigenvalue weighted by atomic mass is 16.4. The van der Waals surface area contributed by atoms with Crippen molar-refractivity contribution in [3.05, 3.63) is 59.9 Å². The van der Waals surface area contributed by atoms with Crippen molar-refractivity contribution in [3.8, 4) is 0 Å². The Morgan fingerprint density at radius 2 is 2.00 bits per heavy atom. The molecule has 0 bridgehead atoms. The number of hydrogen-bond acceptors (Lipinski definition) is 4. The van der Waals surface area contributed by atoms with Gasteiger partial charge < -0.3 is 15.8 Å². The summed E-state index contributed by atoms with van der Waals surface area (Å²) in [6.45, 7) is 0.897. The molecule has 0 spiro atoms. The van der Waals surface area contributed by atoms with Crippen molar-refractivity contribution in [1.82, 2.24) is 4.98 Å². The highest BCUT2D eigenvalue weighted by Crippen LogP contribution is 2.12. The zero-order valence-electron chi connectivity index (χ0n) is 11.4. The Balaban J connectivity index is 1.97. The van der Waals surface area contributed by atoms with Crippen molar-refractivity contribution in [1.29, 1.82) is 0 Å². The minimum atomic E-state index is 0.0171. The lowest BCUT2D eigenvalue weighted by Crippen LogP contribution is -2.21. The van der Waals surface area contributed by atoms with Gasteiger partial charge in [0, 0.05) is 13.6 Å². The van der Waals surface area contributed by atoms with E-state index in [1.54, 1.807) is 12.3 Å². The lowest BCUT2D eigenvalue weighted by Gasteiger charge is -2.19. The Morgan fingerprint density at radius 3 is 2.60 bits per heavy atom. The van der Waals surface area contributed by atoms with E-state index < -0.39 is 0 Å². The number of hydrogen-bond donors (Lipinski definition) is 2. The largest absolute Gasteiger partial charge is 0.409 e. The Kier molecular flexibility index (Phi) is 4.55. The van der Waals surface area contributed by atoms with Crippen LogP contribution in [0.2, 0.25) is 0 Å². The lowest BCUT2D eigenvalue weighted by atomic mass is 10.1. The molecule has 0 atom stereocenters. The second kappa shape index (κ2) is 6.56. The topological polar surface area (TPSA) is 74.7 Å². The number of benzene rings is 1. The molecule has 2 rings (SSSR count). The van der Waals surface area contributed by atoms with Gasteiger partial charge in [0.1, 0.15) is 5.69 Å². The second-order valence-electron chi connectivity index (χ2n) is 4.54. The first-order chi connectivity index (χ1) is 9.70. The van der Waals surface area contributed by atoms with Gasteiger partial charge in [0.2, 0.25) is 0 Å². The normalized spacial score (nSPS) is 11.3. The first-order valence-corrected chi connectivity index (χ1v) is 6.39. The van der Waals surface area contributed by atoms with Gasteiger partial charge in [-0.25, -0.2) is 0 Å². The Morgan fingerprint density at radius 1 is 1.25 bits per heavy atom. The van der Waals surface area contributed by atoms with Gasteiger partial charge in [0.05, 0.1) is 11.9 Å². The Hall–Kier alpha value is -2.56. The third-order valence-corrected chi connectivity index (χ3v) is 3.14. The van der Waals surface area contributed by atoms with E-state index in [-0.39, 0.29) is 5.84 Å². The molecule has 0 saturated carbocycles. The fourth-order valence-corrected chi connectivity index (χ4v) is 1.89. The highest BCUT2D eigenvalue weighted by Gasteiger charge is 2.04. The van der Waals surface area contributed by atoms with Gasteiger partial charge in [-0.3, -0.25) is 4.98 Å². The van der Waals surface area contributed by atoms with Crippen LogP contribution in [0.1, 0.15) is 11.3 Å². The van der Waals surface area contributed by atoms with Crippen molar-refractivity contribution in [2.75, 3.05) is 18.5 Å². The zero-order valence-corrected chi connectivity index (χ0v) is 11.4. The van der Waals surface area contributed by atoms with Crippen LogP contribution in [-0.2, 0) is 6.42 Å². The standard InChI is InChI=1S/C15H18N4O/c1-19(10-9-12-5-3-2-4-6-12)13-7-8-14(17-11-13)15(16)18-20/h2-8,11,20H,9-10H2,1H3,(H2,16,18). The van der Waals surface area contributed by atoms with Gasteiger partial charge in [-0.2, -0.15) is 0 Å². The summed E-state index contributed by atoms with van der Waals surface area (Å²) in [5, 5.41) is 11.5. The summed E-state index contributed by atoms with van der Waals surface area (Å²) in [5.74, 6) is 0.0171. The molecule has 20 heavy (non-hydrogen) atoms. The second-order valence-corrected chi connectivity index (χ2v) is 4.54. The van der Waals surface area contributed by atoms with E-state index in [1.807, 2.05) is 31.3 Å². The van der Waals surface area contributed by atoms with E-state index in [9.17, 15) is 0 Å². The van der Waals surface area contributed by atoms with Gasteiger partial charge >= 0.3 is 0 Å². The van der Waals surface area contributed by atoms with Crippen molar-refractivity contribution >= 4 is 11.5 Å². The number of rotatable bonds is 5. The van der Waals surface area contributed by atoms with Crippen molar-refractivity contribution in [2.24, 2.45) is 10.9 Å². The molecule has 2 aromatic rings. The fraction of sp³-hybridized carbons (Fsp3) is 0.200. The number of anilines is 1. The predicted octanol–water partition coefficient (Wildman–Crippen LogP) is 1.85. The number of aromatic nitrogens is 1. The third-order valence-electron chi connectivity index (χ3n) is 3.14. The molecule has 0 unspecified atom stereocenters. The molecule has 3 N–H and O–H groups in total. The average molecular weight is 270 g/mol. The number of likely N-dealkylation sites (N-methyl/N-ethyl adjacent to an activating group) is 1. The fourth-order valence-electron chi connectivity index (χ4n) is 1.89. The van der Waals surface area contributed by atoms with E-state index >= 15 is 0 Å². The monoisotopic (exact) mass is 270 g/mol. The number of amidine groups is 1. The smallest absolute Gasteiger partial charge is 0.188 e. The molecule has 0 aliphatic rings. The lowest BCUT2D eigenvalue weighted by molar-refractivity contribution is 0.318. The van der Waals surface area contributed by atoms with E-state index in [2.05, 4.69) is 27.2 Å². The van der Waals surface area contributed by atoms with Crippen LogP contribution in [0.4, 0.5) is 5.69 Å². The van der Waals surface area contributed by atoms with Gasteiger partial charge in [-0.15, -0.1) is 0 Å². The summed E-state index contributed by atoms with van der Waals surface area (Å²) in [5.41, 5.74) is 8.25. The van der Waals surface area contributed by atoms with Crippen LogP contribution in [0.25, 0.3) is 0 Å². The summed E-state index contributed by atoms with van der Waals surface area (Å²) >= 11 is 0. The maximum Gasteiger partial charge on any atom is 0.188 e. The van der Waals surface area contributed by atoms with Crippen LogP contribution >= 0.6 is 0 Å². The molecule has 1 heterocycles. The molecular formula is C15H18N4O. The quantitative estimate of drug-likeness (QED) is 0.376. The highest BCUT2D eigenvalue weighted by molar-refractivity contribution is 5.95. The molecule has 1 aromatic carbocycles. The molecule has 0 fully saturated rings. The maximum absolute atomic E-state index is 8.59. The van der Waals surface area contributed by atoms with E-state index in [0.29, 0.717) is 5.69 Å². The third kappa shape index (κ3) is 3.47. The number of nitrogens with two attached hydrogens (primary N) is 1. The number of oxime groups is 1. The van der Waals surface area contributed by atoms with Crippen LogP contribution in [0.3, 0.4) is 0 Å². The van der Waals surface area contributed by atoms with Crippen molar-refractivity contribution < 1.29 is 5.21 Å². The van der Waals surface area contributed by atoms with Gasteiger partial charge in [-0.05, 0) is 24.1 Å². The molecule has 0 saturated heterocycles. The molecule has 0 radical (unpaired) electrons. The predicted molar refractivity (Wildman–Crippen MR) is 80.2 cm³/mol. The molecule has 0 aliphatic carbocycles. The SMILES string of the molecule is CN(CCc1ccccc1)c1ccc(/C(N)=N/O)nc1. The maximum atomic E-state index is 8.59. The average Bonchev–Trinajstić information content (AvgIpc) is 2.53. The first-order valence-electron chi connectivity index (χ1n) is 6.39. The molecule has 0 aliphatic heterocycles. The Bertz CT molecular complexity index is 566. The summed E-state index contributed by atoms with van der Waals surface area (Å²) in [6, 6.07) is 14.0. The molecule has 0 amide bonds. The van der Waals surface area contributed by atoms with Crippen molar-refractivity contribution in [2.45, 2.75) is 6.42 Å². The molecule has 1 aromatic heterocycles. The first kappa shape index (κ1) is 13.9. The van der Waals surface area contributed by atoms with Crippen LogP contribution < -0.4 is 10.6 Å². The van der Waals surface area contributed by atoms with Gasteiger partial charge in [0.15, 0.2) is 5.84 Å². The van der Waals surface area contributed by atoms with Crippen molar-refractivity contribution in [3.63, 3.8) is 0 Å². The summed E-state index contributed by atoms with van der Waals surface area (Å²) in [4.78, 5) is 6.29. The van der Waals surface area contributed by atoms with Crippen LogP contribution in [-0.4, -0.2) is 29.6 Å². The van der Waals surface area contributed by atoms with E-state index in [0.717, 1.165) is 18.7 Å². The molecular weight excluding hydrogens is 252 g/mol. The summed E-state index contributed by atoms with van der Waals surface area (Å²) in [6.07, 6.45) is 2.69. The van der Waals surface area contributed by atoms with Gasteiger partial charge in [0.25, 0.3) is 0 Å². The molecule has 5 heteroatoms. The summed E-state index contributed by atoms with van der Waals surface area (Å²) < 4.78 is 0. The van der Waals surface area contributed by atoms with E-state index in [4.69, 9.17) is 10.9 Å². The van der Waals surface area contributed by atoms with E-state index in [1.165, 1.54) is 5.56 Å². The number of pyridine rings is 1. The summed E-state index contributed by atoms with van der Waals surface area (Å²) in [7, 11) is 2.02. The molecule has 5 nitrogen and oxygen atoms in total. The minimum absolute atomic E-state index is 0.0171.